The van der Waals surface area contributed by atoms with Gasteiger partial charge in [0.15, 0.2) is 0 Å². The lowest BCUT2D eigenvalue weighted by atomic mass is 9.84. The molecule has 0 heterocycles. The molecular formula is C17H21NO. The van der Waals surface area contributed by atoms with E-state index < -0.39 is 0 Å². The van der Waals surface area contributed by atoms with Crippen molar-refractivity contribution in [2.24, 2.45) is 0 Å². The highest BCUT2D eigenvalue weighted by molar-refractivity contribution is 5.63. The molecule has 2 nitrogen and oxygen atoms in total. The average Bonchev–Trinajstić information content (AvgIpc) is 2.46. The lowest BCUT2D eigenvalue weighted by molar-refractivity contribution is 0.247. The first kappa shape index (κ1) is 13.8. The van der Waals surface area contributed by atoms with Crippen molar-refractivity contribution in [3.63, 3.8) is 0 Å². The van der Waals surface area contributed by atoms with Gasteiger partial charge in [0.2, 0.25) is 0 Å². The molecule has 0 aliphatic carbocycles. The van der Waals surface area contributed by atoms with E-state index in [1.807, 2.05) is 6.07 Å². The topological polar surface area (TPSA) is 32.3 Å². The Kier molecular flexibility index (Phi) is 4.35. The van der Waals surface area contributed by atoms with Crippen LogP contribution in [0.15, 0.2) is 54.6 Å². The van der Waals surface area contributed by atoms with Crippen molar-refractivity contribution in [1.29, 1.82) is 0 Å². The van der Waals surface area contributed by atoms with Gasteiger partial charge >= 0.3 is 0 Å². The molecule has 2 aromatic rings. The minimum atomic E-state index is 0.0119. The van der Waals surface area contributed by atoms with Gasteiger partial charge in [-0.05, 0) is 16.7 Å². The van der Waals surface area contributed by atoms with Gasteiger partial charge < -0.3 is 5.11 Å². The van der Waals surface area contributed by atoms with E-state index in [0.717, 1.165) is 6.54 Å². The van der Waals surface area contributed by atoms with Gasteiger partial charge in [-0.3, -0.25) is 5.32 Å². The molecule has 0 spiro atoms. The van der Waals surface area contributed by atoms with E-state index in [2.05, 4.69) is 67.7 Å². The maximum atomic E-state index is 8.86. The molecule has 100 valence electrons. The van der Waals surface area contributed by atoms with Gasteiger partial charge in [-0.15, -0.1) is 0 Å². The third-order valence-corrected chi connectivity index (χ3v) is 3.45. The number of hydrogen-bond acceptors (Lipinski definition) is 2. The second-order valence-electron chi connectivity index (χ2n) is 5.41. The van der Waals surface area contributed by atoms with Crippen LogP contribution in [0.5, 0.6) is 0 Å². The molecule has 0 unspecified atom stereocenters. The predicted octanol–water partition coefficient (Wildman–Crippen LogP) is 3.17. The van der Waals surface area contributed by atoms with Gasteiger partial charge in [-0.2, -0.15) is 0 Å². The molecule has 0 radical (unpaired) electrons. The molecule has 0 atom stereocenters. The number of benzene rings is 2. The van der Waals surface area contributed by atoms with Crippen LogP contribution in [-0.2, 0) is 5.41 Å². The molecule has 0 aliphatic rings. The minimum absolute atomic E-state index is 0.0119. The predicted molar refractivity (Wildman–Crippen MR) is 80.0 cm³/mol. The molecule has 2 N–H and O–H groups in total. The molecule has 0 fully saturated rings. The van der Waals surface area contributed by atoms with Crippen LogP contribution in [0.3, 0.4) is 0 Å². The zero-order valence-corrected chi connectivity index (χ0v) is 11.6. The Morgan fingerprint density at radius 2 is 1.47 bits per heavy atom. The van der Waals surface area contributed by atoms with E-state index >= 15 is 0 Å². The van der Waals surface area contributed by atoms with Crippen molar-refractivity contribution in [2.45, 2.75) is 19.3 Å². The number of hydrogen-bond donors (Lipinski definition) is 2. The zero-order valence-electron chi connectivity index (χ0n) is 11.6. The van der Waals surface area contributed by atoms with Crippen LogP contribution in [0.4, 0.5) is 0 Å². The Morgan fingerprint density at radius 3 is 2.05 bits per heavy atom. The fourth-order valence-corrected chi connectivity index (χ4v) is 2.21. The van der Waals surface area contributed by atoms with Gasteiger partial charge in [-0.1, -0.05) is 68.4 Å². The summed E-state index contributed by atoms with van der Waals surface area (Å²) in [6.45, 7) is 5.13. The second-order valence-corrected chi connectivity index (χ2v) is 5.41. The third-order valence-electron chi connectivity index (χ3n) is 3.45. The SMILES string of the molecule is CC(C)(CNCO)c1ccc(-c2ccccc2)cc1. The van der Waals surface area contributed by atoms with Crippen molar-refractivity contribution in [3.05, 3.63) is 60.2 Å². The molecule has 2 aromatic carbocycles. The van der Waals surface area contributed by atoms with Crippen LogP contribution >= 0.6 is 0 Å². The van der Waals surface area contributed by atoms with E-state index in [1.165, 1.54) is 16.7 Å². The molecule has 0 aromatic heterocycles. The van der Waals surface area contributed by atoms with E-state index in [9.17, 15) is 0 Å². The normalized spacial score (nSPS) is 11.5. The zero-order chi connectivity index (χ0) is 13.7. The van der Waals surface area contributed by atoms with Gasteiger partial charge in [0.25, 0.3) is 0 Å². The molecule has 19 heavy (non-hydrogen) atoms. The first-order chi connectivity index (χ1) is 9.13. The first-order valence-corrected chi connectivity index (χ1v) is 6.61. The van der Waals surface area contributed by atoms with Crippen molar-refractivity contribution in [3.8, 4) is 11.1 Å². The van der Waals surface area contributed by atoms with Crippen molar-refractivity contribution in [2.75, 3.05) is 13.3 Å². The number of aliphatic hydroxyl groups is 1. The Hall–Kier alpha value is -1.64. The summed E-state index contributed by atoms with van der Waals surface area (Å²) in [5.74, 6) is 0. The molecular weight excluding hydrogens is 234 g/mol. The summed E-state index contributed by atoms with van der Waals surface area (Å²) in [4.78, 5) is 0. The van der Waals surface area contributed by atoms with Crippen LogP contribution in [-0.4, -0.2) is 18.4 Å². The molecule has 0 amide bonds. The summed E-state index contributed by atoms with van der Waals surface area (Å²) in [6, 6.07) is 19.0. The second kappa shape index (κ2) is 6.00. The molecule has 2 heteroatoms. The monoisotopic (exact) mass is 255 g/mol. The van der Waals surface area contributed by atoms with Crippen molar-refractivity contribution < 1.29 is 5.11 Å². The average molecular weight is 255 g/mol. The number of rotatable bonds is 5. The van der Waals surface area contributed by atoms with E-state index in [4.69, 9.17) is 5.11 Å². The van der Waals surface area contributed by atoms with E-state index in [-0.39, 0.29) is 12.1 Å². The summed E-state index contributed by atoms with van der Waals surface area (Å²) in [7, 11) is 0. The maximum Gasteiger partial charge on any atom is 0.0931 e. The fourth-order valence-electron chi connectivity index (χ4n) is 2.21. The Balaban J connectivity index is 2.19. The third kappa shape index (κ3) is 3.43. The van der Waals surface area contributed by atoms with Gasteiger partial charge in [0.05, 0.1) is 6.73 Å². The highest BCUT2D eigenvalue weighted by Gasteiger charge is 2.19. The maximum absolute atomic E-state index is 8.86. The van der Waals surface area contributed by atoms with Crippen LogP contribution in [0, 0.1) is 0 Å². The Labute approximate surface area is 115 Å². The highest BCUT2D eigenvalue weighted by Crippen LogP contribution is 2.26. The van der Waals surface area contributed by atoms with Crippen LogP contribution in [0.1, 0.15) is 19.4 Å². The largest absolute Gasteiger partial charge is 0.381 e. The quantitative estimate of drug-likeness (QED) is 0.804. The lowest BCUT2D eigenvalue weighted by Gasteiger charge is -2.25. The van der Waals surface area contributed by atoms with Gasteiger partial charge in [0, 0.05) is 12.0 Å². The molecule has 2 rings (SSSR count). The molecule has 0 saturated heterocycles. The standard InChI is InChI=1S/C17H21NO/c1-17(2,12-18-13-19)16-10-8-15(9-11-16)14-6-4-3-5-7-14/h3-11,18-19H,12-13H2,1-2H3. The highest BCUT2D eigenvalue weighted by atomic mass is 16.3. The van der Waals surface area contributed by atoms with Gasteiger partial charge in [-0.25, -0.2) is 0 Å². The van der Waals surface area contributed by atoms with Gasteiger partial charge in [0.1, 0.15) is 0 Å². The summed E-state index contributed by atoms with van der Waals surface area (Å²) < 4.78 is 0. The summed E-state index contributed by atoms with van der Waals surface area (Å²) >= 11 is 0. The minimum Gasteiger partial charge on any atom is -0.381 e. The van der Waals surface area contributed by atoms with E-state index in [0.29, 0.717) is 0 Å². The Morgan fingerprint density at radius 1 is 0.895 bits per heavy atom. The van der Waals surface area contributed by atoms with E-state index in [1.54, 1.807) is 0 Å². The number of aliphatic hydroxyl groups excluding tert-OH is 1. The van der Waals surface area contributed by atoms with Crippen LogP contribution < -0.4 is 5.32 Å². The van der Waals surface area contributed by atoms with Crippen LogP contribution in [0.2, 0.25) is 0 Å². The summed E-state index contributed by atoms with van der Waals surface area (Å²) in [5, 5.41) is 11.8. The lowest BCUT2D eigenvalue weighted by Crippen LogP contribution is -2.33. The fraction of sp³-hybridized carbons (Fsp3) is 0.294. The molecule has 0 aliphatic heterocycles. The Bertz CT molecular complexity index is 503. The first-order valence-electron chi connectivity index (χ1n) is 6.61. The number of nitrogens with one attached hydrogen (secondary N) is 1. The molecule has 0 bridgehead atoms. The summed E-state index contributed by atoms with van der Waals surface area (Å²) in [5.41, 5.74) is 3.75. The van der Waals surface area contributed by atoms with Crippen molar-refractivity contribution >= 4 is 0 Å². The molecule has 0 saturated carbocycles. The van der Waals surface area contributed by atoms with Crippen LogP contribution in [0.25, 0.3) is 11.1 Å². The van der Waals surface area contributed by atoms with Crippen molar-refractivity contribution in [1.82, 2.24) is 5.32 Å². The summed E-state index contributed by atoms with van der Waals surface area (Å²) in [6.07, 6.45) is 0. The smallest absolute Gasteiger partial charge is 0.0931 e.